The van der Waals surface area contributed by atoms with Crippen molar-refractivity contribution in [3.63, 3.8) is 0 Å². The van der Waals surface area contributed by atoms with Gasteiger partial charge in [-0.25, -0.2) is 5.10 Å². The van der Waals surface area contributed by atoms with Gasteiger partial charge in [0.05, 0.1) is 12.3 Å². The predicted molar refractivity (Wildman–Crippen MR) is 119 cm³/mol. The number of benzene rings is 2. The minimum absolute atomic E-state index is 0.259. The molecule has 1 unspecified atom stereocenters. The highest BCUT2D eigenvalue weighted by Gasteiger charge is 2.27. The number of allylic oxidation sites excluding steroid dienone is 1. The minimum atomic E-state index is -0.497. The normalized spacial score (nSPS) is 14.8. The van der Waals surface area contributed by atoms with Crippen molar-refractivity contribution in [3.8, 4) is 17.2 Å². The predicted octanol–water partition coefficient (Wildman–Crippen LogP) is 3.71. The monoisotopic (exact) mass is 433 g/mol. The molecule has 164 valence electrons. The fourth-order valence-electron chi connectivity index (χ4n) is 3.07. The second-order valence-corrected chi connectivity index (χ2v) is 7.01. The van der Waals surface area contributed by atoms with Crippen LogP contribution in [0.1, 0.15) is 30.3 Å². The van der Waals surface area contributed by atoms with Gasteiger partial charge in [-0.1, -0.05) is 24.3 Å². The fourth-order valence-corrected chi connectivity index (χ4v) is 3.07. The van der Waals surface area contributed by atoms with E-state index in [2.05, 4.69) is 32.5 Å². The third kappa shape index (κ3) is 5.31. The number of carbonyl (C=O) groups excluding carboxylic acids is 1. The first kappa shape index (κ1) is 21.1. The SMILES string of the molecule is C=CCCCOc1ccc(/C=C/C(=O)Nc2cccc3c2OC(c2nnn[nH]2)CO3)cc1. The van der Waals surface area contributed by atoms with E-state index in [4.69, 9.17) is 14.2 Å². The Bertz CT molecular complexity index is 1080. The maximum Gasteiger partial charge on any atom is 0.248 e. The van der Waals surface area contributed by atoms with Gasteiger partial charge in [0, 0.05) is 6.08 Å². The molecule has 1 atom stereocenters. The van der Waals surface area contributed by atoms with Crippen molar-refractivity contribution in [1.82, 2.24) is 20.6 Å². The summed E-state index contributed by atoms with van der Waals surface area (Å²) in [4.78, 5) is 12.5. The Morgan fingerprint density at radius 3 is 2.94 bits per heavy atom. The Labute approximate surface area is 185 Å². The number of nitrogens with zero attached hydrogens (tertiary/aromatic N) is 3. The summed E-state index contributed by atoms with van der Waals surface area (Å²) in [6.45, 7) is 4.60. The third-order valence-electron chi connectivity index (χ3n) is 4.68. The molecule has 2 aromatic carbocycles. The number of hydrogen-bond acceptors (Lipinski definition) is 7. The Balaban J connectivity index is 1.36. The molecular formula is C23H23N5O4. The number of rotatable bonds is 9. The van der Waals surface area contributed by atoms with E-state index >= 15 is 0 Å². The molecule has 9 nitrogen and oxygen atoms in total. The van der Waals surface area contributed by atoms with Crippen molar-refractivity contribution >= 4 is 17.7 Å². The van der Waals surface area contributed by atoms with Crippen LogP contribution in [0.3, 0.4) is 0 Å². The zero-order valence-corrected chi connectivity index (χ0v) is 17.4. The molecule has 3 aromatic rings. The van der Waals surface area contributed by atoms with E-state index in [9.17, 15) is 4.79 Å². The van der Waals surface area contributed by atoms with Crippen molar-refractivity contribution in [2.45, 2.75) is 18.9 Å². The molecule has 4 rings (SSSR count). The van der Waals surface area contributed by atoms with Crippen LogP contribution in [0.15, 0.2) is 61.2 Å². The summed E-state index contributed by atoms with van der Waals surface area (Å²) in [6.07, 6.45) is 6.42. The van der Waals surface area contributed by atoms with Crippen molar-refractivity contribution in [3.05, 3.63) is 72.6 Å². The van der Waals surface area contributed by atoms with Gasteiger partial charge in [-0.2, -0.15) is 0 Å². The number of hydrogen-bond donors (Lipinski definition) is 2. The van der Waals surface area contributed by atoms with Gasteiger partial charge in [-0.05, 0) is 59.2 Å². The number of ether oxygens (including phenoxy) is 3. The van der Waals surface area contributed by atoms with Gasteiger partial charge in [-0.15, -0.1) is 11.7 Å². The Morgan fingerprint density at radius 1 is 1.28 bits per heavy atom. The quantitative estimate of drug-likeness (QED) is 0.301. The van der Waals surface area contributed by atoms with Crippen LogP contribution in [0.2, 0.25) is 0 Å². The molecule has 0 saturated carbocycles. The lowest BCUT2D eigenvalue weighted by atomic mass is 10.2. The molecule has 0 spiro atoms. The minimum Gasteiger partial charge on any atom is -0.494 e. The number of unbranched alkanes of at least 4 members (excludes halogenated alkanes) is 1. The molecule has 0 radical (unpaired) electrons. The van der Waals surface area contributed by atoms with Crippen LogP contribution in [-0.2, 0) is 4.79 Å². The van der Waals surface area contributed by atoms with Gasteiger partial charge in [0.15, 0.2) is 23.4 Å². The summed E-state index contributed by atoms with van der Waals surface area (Å²) in [5.41, 5.74) is 1.38. The van der Waals surface area contributed by atoms with Crippen molar-refractivity contribution in [2.24, 2.45) is 0 Å². The van der Waals surface area contributed by atoms with E-state index in [1.807, 2.05) is 30.3 Å². The molecule has 1 aliphatic heterocycles. The van der Waals surface area contributed by atoms with Gasteiger partial charge >= 0.3 is 0 Å². The van der Waals surface area contributed by atoms with Gasteiger partial charge < -0.3 is 19.5 Å². The third-order valence-corrected chi connectivity index (χ3v) is 4.68. The summed E-state index contributed by atoms with van der Waals surface area (Å²) in [7, 11) is 0. The first-order chi connectivity index (χ1) is 15.7. The van der Waals surface area contributed by atoms with Crippen LogP contribution in [0.5, 0.6) is 17.2 Å². The standard InChI is InChI=1S/C23H23N5O4/c1-2-3-4-14-30-17-11-8-16(9-12-17)10-13-21(29)24-18-6-5-7-19-22(18)32-20(15-31-19)23-25-27-28-26-23/h2,5-13,20H,1,3-4,14-15H2,(H,24,29)(H,25,26,27,28)/b13-10+. The molecule has 1 amide bonds. The highest BCUT2D eigenvalue weighted by atomic mass is 16.6. The molecule has 32 heavy (non-hydrogen) atoms. The summed E-state index contributed by atoms with van der Waals surface area (Å²) in [6, 6.07) is 12.8. The highest BCUT2D eigenvalue weighted by Crippen LogP contribution is 2.41. The molecule has 0 bridgehead atoms. The average molecular weight is 433 g/mol. The number of fused-ring (bicyclic) bond motifs is 1. The second-order valence-electron chi connectivity index (χ2n) is 7.01. The Hall–Kier alpha value is -4.14. The summed E-state index contributed by atoms with van der Waals surface area (Å²) in [5, 5.41) is 16.5. The molecule has 0 saturated heterocycles. The average Bonchev–Trinajstić information content (AvgIpc) is 3.36. The lowest BCUT2D eigenvalue weighted by molar-refractivity contribution is -0.111. The summed E-state index contributed by atoms with van der Waals surface area (Å²) in [5.74, 6) is 1.92. The van der Waals surface area contributed by atoms with E-state index in [0.717, 1.165) is 24.2 Å². The maximum atomic E-state index is 12.5. The number of tetrazole rings is 1. The molecular weight excluding hydrogens is 410 g/mol. The van der Waals surface area contributed by atoms with Crippen molar-refractivity contribution in [2.75, 3.05) is 18.5 Å². The topological polar surface area (TPSA) is 111 Å². The fraction of sp³-hybridized carbons (Fsp3) is 0.217. The second kappa shape index (κ2) is 10.3. The van der Waals surface area contributed by atoms with Gasteiger partial charge in [-0.3, -0.25) is 4.79 Å². The van der Waals surface area contributed by atoms with Crippen molar-refractivity contribution < 1.29 is 19.0 Å². The molecule has 0 fully saturated rings. The van der Waals surface area contributed by atoms with Crippen LogP contribution in [0.25, 0.3) is 6.08 Å². The van der Waals surface area contributed by atoms with E-state index in [1.165, 1.54) is 6.08 Å². The largest absolute Gasteiger partial charge is 0.494 e. The van der Waals surface area contributed by atoms with Gasteiger partial charge in [0.25, 0.3) is 0 Å². The van der Waals surface area contributed by atoms with Gasteiger partial charge in [0.1, 0.15) is 12.4 Å². The number of nitrogens with one attached hydrogen (secondary N) is 2. The molecule has 9 heteroatoms. The van der Waals surface area contributed by atoms with E-state index < -0.39 is 6.10 Å². The van der Waals surface area contributed by atoms with E-state index in [0.29, 0.717) is 29.6 Å². The van der Waals surface area contributed by atoms with Gasteiger partial charge in [0.2, 0.25) is 5.91 Å². The maximum absolute atomic E-state index is 12.5. The molecule has 1 aromatic heterocycles. The van der Waals surface area contributed by atoms with Crippen LogP contribution in [0, 0.1) is 0 Å². The zero-order chi connectivity index (χ0) is 22.2. The van der Waals surface area contributed by atoms with Crippen LogP contribution < -0.4 is 19.5 Å². The number of anilines is 1. The first-order valence-electron chi connectivity index (χ1n) is 10.2. The van der Waals surface area contributed by atoms with E-state index in [1.54, 1.807) is 24.3 Å². The zero-order valence-electron chi connectivity index (χ0n) is 17.4. The van der Waals surface area contributed by atoms with Crippen LogP contribution in [0.4, 0.5) is 5.69 Å². The Kier molecular flexibility index (Phi) is 6.76. The molecule has 0 aliphatic carbocycles. The lowest BCUT2D eigenvalue weighted by Gasteiger charge is -2.26. The first-order valence-corrected chi connectivity index (χ1v) is 10.2. The summed E-state index contributed by atoms with van der Waals surface area (Å²) >= 11 is 0. The highest BCUT2D eigenvalue weighted by molar-refractivity contribution is 6.03. The number of aromatic amines is 1. The molecule has 1 aliphatic rings. The molecule has 2 heterocycles. The number of aromatic nitrogens is 4. The smallest absolute Gasteiger partial charge is 0.248 e. The molecule has 2 N–H and O–H groups in total. The number of amides is 1. The van der Waals surface area contributed by atoms with Crippen LogP contribution in [-0.4, -0.2) is 39.7 Å². The van der Waals surface area contributed by atoms with E-state index in [-0.39, 0.29) is 12.5 Å². The Morgan fingerprint density at radius 2 is 2.16 bits per heavy atom. The van der Waals surface area contributed by atoms with Crippen molar-refractivity contribution in [1.29, 1.82) is 0 Å². The number of carbonyl (C=O) groups is 1. The number of para-hydroxylation sites is 1. The lowest BCUT2D eigenvalue weighted by Crippen LogP contribution is -2.24. The summed E-state index contributed by atoms with van der Waals surface area (Å²) < 4.78 is 17.4. The number of H-pyrrole nitrogens is 1. The van der Waals surface area contributed by atoms with Crippen LogP contribution >= 0.6 is 0 Å².